The Bertz CT molecular complexity index is 446. The van der Waals surface area contributed by atoms with Crippen LogP contribution in [0.15, 0.2) is 36.5 Å². The van der Waals surface area contributed by atoms with Crippen molar-refractivity contribution in [2.45, 2.75) is 19.9 Å². The Kier molecular flexibility index (Phi) is 2.46. The third-order valence-corrected chi connectivity index (χ3v) is 2.29. The number of rotatable bonds is 2. The zero-order valence-electron chi connectivity index (χ0n) is 8.88. The molecule has 0 aliphatic heterocycles. The summed E-state index contributed by atoms with van der Waals surface area (Å²) in [5, 5.41) is 14.1. The summed E-state index contributed by atoms with van der Waals surface area (Å²) < 4.78 is 1.76. The second-order valence-corrected chi connectivity index (χ2v) is 3.80. The highest BCUT2D eigenvalue weighted by Gasteiger charge is 2.10. The Morgan fingerprint density at radius 3 is 2.40 bits per heavy atom. The molecule has 0 radical (unpaired) electrons. The average Bonchev–Trinajstić information content (AvgIpc) is 2.62. The van der Waals surface area contributed by atoms with Crippen molar-refractivity contribution in [1.82, 2.24) is 9.78 Å². The van der Waals surface area contributed by atoms with E-state index in [0.717, 1.165) is 5.56 Å². The van der Waals surface area contributed by atoms with Crippen LogP contribution in [0.2, 0.25) is 0 Å². The van der Waals surface area contributed by atoms with E-state index >= 15 is 0 Å². The Balaban J connectivity index is 2.45. The predicted molar refractivity (Wildman–Crippen MR) is 59.7 cm³/mol. The number of aromatic hydroxyl groups is 1. The summed E-state index contributed by atoms with van der Waals surface area (Å²) in [6.07, 6.45) is 1.66. The van der Waals surface area contributed by atoms with Gasteiger partial charge in [-0.3, -0.25) is 4.68 Å². The molecule has 78 valence electrons. The first-order valence-corrected chi connectivity index (χ1v) is 5.02. The minimum absolute atomic E-state index is 0.231. The zero-order valence-corrected chi connectivity index (χ0v) is 8.88. The highest BCUT2D eigenvalue weighted by Crippen LogP contribution is 2.27. The number of benzene rings is 1. The average molecular weight is 202 g/mol. The van der Waals surface area contributed by atoms with Crippen molar-refractivity contribution in [3.63, 3.8) is 0 Å². The zero-order chi connectivity index (χ0) is 10.8. The Morgan fingerprint density at radius 2 is 1.87 bits per heavy atom. The molecule has 0 bridgehead atoms. The summed E-state index contributed by atoms with van der Waals surface area (Å²) in [7, 11) is 0. The largest absolute Gasteiger partial charge is 0.504 e. The summed E-state index contributed by atoms with van der Waals surface area (Å²) >= 11 is 0. The van der Waals surface area contributed by atoms with Gasteiger partial charge >= 0.3 is 0 Å². The Hall–Kier alpha value is -1.77. The fraction of sp³-hybridized carbons (Fsp3) is 0.250. The van der Waals surface area contributed by atoms with Crippen LogP contribution in [-0.2, 0) is 0 Å². The molecule has 1 aromatic heterocycles. The van der Waals surface area contributed by atoms with Crippen molar-refractivity contribution in [3.05, 3.63) is 36.5 Å². The minimum Gasteiger partial charge on any atom is -0.504 e. The lowest BCUT2D eigenvalue weighted by Crippen LogP contribution is -2.00. The maximum atomic E-state index is 9.75. The van der Waals surface area contributed by atoms with Crippen molar-refractivity contribution in [2.75, 3.05) is 0 Å². The van der Waals surface area contributed by atoms with Gasteiger partial charge in [0.05, 0.1) is 6.20 Å². The normalized spacial score (nSPS) is 10.9. The van der Waals surface area contributed by atoms with Crippen molar-refractivity contribution < 1.29 is 5.11 Å². The molecule has 0 atom stereocenters. The van der Waals surface area contributed by atoms with Gasteiger partial charge in [-0.05, 0) is 13.8 Å². The van der Waals surface area contributed by atoms with Crippen LogP contribution in [0, 0.1) is 0 Å². The van der Waals surface area contributed by atoms with Crippen molar-refractivity contribution in [3.8, 4) is 17.0 Å². The molecule has 0 amide bonds. The van der Waals surface area contributed by atoms with E-state index in [1.54, 1.807) is 10.9 Å². The van der Waals surface area contributed by atoms with Crippen LogP contribution in [0.5, 0.6) is 5.75 Å². The molecule has 15 heavy (non-hydrogen) atoms. The van der Waals surface area contributed by atoms with Gasteiger partial charge in [0.15, 0.2) is 5.75 Å². The van der Waals surface area contributed by atoms with Gasteiger partial charge in [-0.2, -0.15) is 5.10 Å². The molecule has 0 saturated carbocycles. The number of hydrogen-bond donors (Lipinski definition) is 1. The molecule has 0 unspecified atom stereocenters. The van der Waals surface area contributed by atoms with Crippen LogP contribution in [0.25, 0.3) is 11.3 Å². The van der Waals surface area contributed by atoms with E-state index in [2.05, 4.69) is 5.10 Å². The molecular formula is C12H14N2O. The molecule has 0 saturated heterocycles. The third kappa shape index (κ3) is 1.86. The molecule has 0 aliphatic carbocycles. The van der Waals surface area contributed by atoms with E-state index in [4.69, 9.17) is 0 Å². The summed E-state index contributed by atoms with van der Waals surface area (Å²) in [6, 6.07) is 9.94. The minimum atomic E-state index is 0.231. The van der Waals surface area contributed by atoms with E-state index in [1.165, 1.54) is 0 Å². The lowest BCUT2D eigenvalue weighted by Gasteiger charge is -2.02. The molecule has 0 spiro atoms. The third-order valence-electron chi connectivity index (χ3n) is 2.29. The van der Waals surface area contributed by atoms with Crippen molar-refractivity contribution in [2.24, 2.45) is 0 Å². The molecule has 2 rings (SSSR count). The standard InChI is InChI=1S/C12H14N2O/c1-9(2)14-8-11(15)12(13-14)10-6-4-3-5-7-10/h3-9,15H,1-2H3. The first kappa shape index (κ1) is 9.77. The predicted octanol–water partition coefficient (Wildman–Crippen LogP) is 2.84. The van der Waals surface area contributed by atoms with Gasteiger partial charge in [0.1, 0.15) is 5.69 Å². The molecule has 0 fully saturated rings. The molecule has 3 heteroatoms. The monoisotopic (exact) mass is 202 g/mol. The quantitative estimate of drug-likeness (QED) is 0.813. The van der Waals surface area contributed by atoms with Gasteiger partial charge in [0.25, 0.3) is 0 Å². The molecule has 2 aromatic rings. The van der Waals surface area contributed by atoms with Gasteiger partial charge in [-0.25, -0.2) is 0 Å². The van der Waals surface area contributed by atoms with E-state index in [1.807, 2.05) is 44.2 Å². The Labute approximate surface area is 89.0 Å². The molecule has 3 nitrogen and oxygen atoms in total. The van der Waals surface area contributed by atoms with Gasteiger partial charge in [-0.1, -0.05) is 30.3 Å². The Morgan fingerprint density at radius 1 is 1.20 bits per heavy atom. The van der Waals surface area contributed by atoms with E-state index in [9.17, 15) is 5.11 Å². The molecule has 1 N–H and O–H groups in total. The maximum absolute atomic E-state index is 9.75. The van der Waals surface area contributed by atoms with E-state index in [0.29, 0.717) is 5.69 Å². The van der Waals surface area contributed by atoms with Crippen molar-refractivity contribution in [1.29, 1.82) is 0 Å². The second kappa shape index (κ2) is 3.77. The van der Waals surface area contributed by atoms with Crippen LogP contribution in [0.3, 0.4) is 0 Å². The molecule has 1 aromatic carbocycles. The fourth-order valence-corrected chi connectivity index (χ4v) is 1.45. The summed E-state index contributed by atoms with van der Waals surface area (Å²) in [6.45, 7) is 4.06. The fourth-order valence-electron chi connectivity index (χ4n) is 1.45. The lowest BCUT2D eigenvalue weighted by atomic mass is 10.1. The summed E-state index contributed by atoms with van der Waals surface area (Å²) in [4.78, 5) is 0. The van der Waals surface area contributed by atoms with Gasteiger partial charge in [0, 0.05) is 11.6 Å². The van der Waals surface area contributed by atoms with E-state index in [-0.39, 0.29) is 11.8 Å². The van der Waals surface area contributed by atoms with Gasteiger partial charge in [-0.15, -0.1) is 0 Å². The summed E-state index contributed by atoms with van der Waals surface area (Å²) in [5.41, 5.74) is 1.58. The smallest absolute Gasteiger partial charge is 0.161 e. The number of hydrogen-bond acceptors (Lipinski definition) is 2. The first-order valence-electron chi connectivity index (χ1n) is 5.02. The number of nitrogens with zero attached hydrogens (tertiary/aromatic N) is 2. The lowest BCUT2D eigenvalue weighted by molar-refractivity contribution is 0.471. The summed E-state index contributed by atoms with van der Waals surface area (Å²) in [5.74, 6) is 0.231. The van der Waals surface area contributed by atoms with Crippen LogP contribution in [-0.4, -0.2) is 14.9 Å². The van der Waals surface area contributed by atoms with Crippen LogP contribution >= 0.6 is 0 Å². The van der Waals surface area contributed by atoms with Gasteiger partial charge in [0.2, 0.25) is 0 Å². The molecule has 1 heterocycles. The van der Waals surface area contributed by atoms with Gasteiger partial charge < -0.3 is 5.11 Å². The van der Waals surface area contributed by atoms with Crippen LogP contribution in [0.4, 0.5) is 0 Å². The van der Waals surface area contributed by atoms with Crippen LogP contribution < -0.4 is 0 Å². The van der Waals surface area contributed by atoms with Crippen LogP contribution in [0.1, 0.15) is 19.9 Å². The van der Waals surface area contributed by atoms with E-state index < -0.39 is 0 Å². The SMILES string of the molecule is CC(C)n1cc(O)c(-c2ccccc2)n1. The van der Waals surface area contributed by atoms with Crippen molar-refractivity contribution >= 4 is 0 Å². The molecule has 0 aliphatic rings. The highest BCUT2D eigenvalue weighted by atomic mass is 16.3. The molecular weight excluding hydrogens is 188 g/mol. The maximum Gasteiger partial charge on any atom is 0.161 e. The topological polar surface area (TPSA) is 38.0 Å². The highest BCUT2D eigenvalue weighted by molar-refractivity contribution is 5.65. The second-order valence-electron chi connectivity index (χ2n) is 3.80. The first-order chi connectivity index (χ1) is 7.18. The number of aromatic nitrogens is 2.